The highest BCUT2D eigenvalue weighted by atomic mass is 16.5. The lowest BCUT2D eigenvalue weighted by Crippen LogP contribution is -2.15. The van der Waals surface area contributed by atoms with E-state index in [1.54, 1.807) is 6.33 Å². The van der Waals surface area contributed by atoms with Crippen molar-refractivity contribution in [3.8, 4) is 5.75 Å². The molecule has 0 aliphatic rings. The molecule has 1 aromatic heterocycles. The molecule has 0 aliphatic heterocycles. The second-order valence-corrected chi connectivity index (χ2v) is 4.57. The molecule has 0 unspecified atom stereocenters. The van der Waals surface area contributed by atoms with Gasteiger partial charge in [-0.05, 0) is 26.0 Å². The number of nitrogens with one attached hydrogen (secondary N) is 1. The zero-order chi connectivity index (χ0) is 14.2. The summed E-state index contributed by atoms with van der Waals surface area (Å²) in [5, 5.41) is 7.54. The number of hydrogen-bond acceptors (Lipinski definition) is 4. The summed E-state index contributed by atoms with van der Waals surface area (Å²) < 4.78 is 7.74. The number of benzene rings is 1. The fourth-order valence-electron chi connectivity index (χ4n) is 2.00. The molecule has 108 valence electrons. The van der Waals surface area contributed by atoms with E-state index in [0.29, 0.717) is 6.61 Å². The van der Waals surface area contributed by atoms with Crippen molar-refractivity contribution < 1.29 is 4.74 Å². The highest BCUT2D eigenvalue weighted by Gasteiger charge is 2.06. The maximum absolute atomic E-state index is 5.89. The van der Waals surface area contributed by atoms with Crippen LogP contribution in [0.1, 0.15) is 31.7 Å². The Balaban J connectivity index is 1.98. The van der Waals surface area contributed by atoms with Crippen LogP contribution < -0.4 is 10.1 Å². The number of para-hydroxylation sites is 1. The van der Waals surface area contributed by atoms with Crippen molar-refractivity contribution in [2.24, 2.45) is 0 Å². The normalized spacial score (nSPS) is 10.7. The zero-order valence-corrected chi connectivity index (χ0v) is 12.2. The van der Waals surface area contributed by atoms with Crippen molar-refractivity contribution in [1.82, 2.24) is 20.1 Å². The number of nitrogens with zero attached hydrogens (tertiary/aromatic N) is 3. The third kappa shape index (κ3) is 3.81. The van der Waals surface area contributed by atoms with Crippen LogP contribution >= 0.6 is 0 Å². The van der Waals surface area contributed by atoms with Crippen molar-refractivity contribution >= 4 is 0 Å². The first kappa shape index (κ1) is 14.5. The van der Waals surface area contributed by atoms with Crippen LogP contribution in [0.4, 0.5) is 0 Å². The Morgan fingerprint density at radius 2 is 2.10 bits per heavy atom. The second kappa shape index (κ2) is 7.65. The fourth-order valence-corrected chi connectivity index (χ4v) is 2.00. The van der Waals surface area contributed by atoms with Gasteiger partial charge in [-0.1, -0.05) is 25.1 Å². The predicted molar refractivity (Wildman–Crippen MR) is 78.5 cm³/mol. The molecule has 0 aliphatic carbocycles. The minimum atomic E-state index is 0.443. The summed E-state index contributed by atoms with van der Waals surface area (Å²) in [4.78, 5) is 4.22. The highest BCUT2D eigenvalue weighted by Crippen LogP contribution is 2.18. The molecule has 0 bridgehead atoms. The topological polar surface area (TPSA) is 52.0 Å². The fraction of sp³-hybridized carbons (Fsp3) is 0.467. The van der Waals surface area contributed by atoms with Crippen LogP contribution in [-0.2, 0) is 19.7 Å². The molecule has 1 heterocycles. The molecule has 1 N–H and O–H groups in total. The molecular formula is C15H22N4O. The van der Waals surface area contributed by atoms with Crippen molar-refractivity contribution in [3.63, 3.8) is 0 Å². The second-order valence-electron chi connectivity index (χ2n) is 4.57. The standard InChI is InChI=1S/C15H22N4O/c1-3-9-16-10-13-7-5-6-8-14(13)20-11-15-17-12-18-19(15)4-2/h5-8,12,16H,3-4,9-11H2,1-2H3. The molecule has 0 saturated carbocycles. The van der Waals surface area contributed by atoms with Gasteiger partial charge in [-0.2, -0.15) is 5.10 Å². The Kier molecular flexibility index (Phi) is 5.55. The molecule has 0 spiro atoms. The molecule has 0 radical (unpaired) electrons. The van der Waals surface area contributed by atoms with E-state index in [4.69, 9.17) is 4.74 Å². The quantitative estimate of drug-likeness (QED) is 0.751. The number of ether oxygens (including phenoxy) is 1. The van der Waals surface area contributed by atoms with E-state index in [0.717, 1.165) is 37.6 Å². The van der Waals surface area contributed by atoms with Crippen LogP contribution in [0.15, 0.2) is 30.6 Å². The van der Waals surface area contributed by atoms with E-state index in [1.165, 1.54) is 5.56 Å². The first-order valence-electron chi connectivity index (χ1n) is 7.13. The average molecular weight is 274 g/mol. The summed E-state index contributed by atoms with van der Waals surface area (Å²) in [5.74, 6) is 1.76. The number of aromatic nitrogens is 3. The van der Waals surface area contributed by atoms with Crippen LogP contribution in [0, 0.1) is 0 Å². The third-order valence-electron chi connectivity index (χ3n) is 3.07. The first-order valence-corrected chi connectivity index (χ1v) is 7.13. The summed E-state index contributed by atoms with van der Waals surface area (Å²) in [6.07, 6.45) is 2.69. The molecule has 5 nitrogen and oxygen atoms in total. The van der Waals surface area contributed by atoms with Crippen LogP contribution in [0.25, 0.3) is 0 Å². The Morgan fingerprint density at radius 3 is 2.90 bits per heavy atom. The third-order valence-corrected chi connectivity index (χ3v) is 3.07. The van der Waals surface area contributed by atoms with Gasteiger partial charge >= 0.3 is 0 Å². The molecule has 0 atom stereocenters. The van der Waals surface area contributed by atoms with Gasteiger partial charge in [0.15, 0.2) is 5.82 Å². The van der Waals surface area contributed by atoms with Crippen LogP contribution in [0.2, 0.25) is 0 Å². The predicted octanol–water partition coefficient (Wildman–Crippen LogP) is 2.38. The first-order chi connectivity index (χ1) is 9.85. The lowest BCUT2D eigenvalue weighted by Gasteiger charge is -2.12. The van der Waals surface area contributed by atoms with E-state index in [9.17, 15) is 0 Å². The monoisotopic (exact) mass is 274 g/mol. The maximum atomic E-state index is 5.89. The van der Waals surface area contributed by atoms with E-state index < -0.39 is 0 Å². The molecule has 0 saturated heterocycles. The van der Waals surface area contributed by atoms with Gasteiger partial charge in [-0.15, -0.1) is 0 Å². The van der Waals surface area contributed by atoms with E-state index in [1.807, 2.05) is 29.8 Å². The van der Waals surface area contributed by atoms with E-state index >= 15 is 0 Å². The SMILES string of the molecule is CCCNCc1ccccc1OCc1ncnn1CC. The molecule has 1 aromatic carbocycles. The Bertz CT molecular complexity index is 524. The van der Waals surface area contributed by atoms with Gasteiger partial charge < -0.3 is 10.1 Å². The lowest BCUT2D eigenvalue weighted by atomic mass is 10.2. The molecule has 2 rings (SSSR count). The summed E-state index contributed by atoms with van der Waals surface area (Å²) in [6.45, 7) is 7.29. The minimum Gasteiger partial charge on any atom is -0.485 e. The van der Waals surface area contributed by atoms with E-state index in [-0.39, 0.29) is 0 Å². The van der Waals surface area contributed by atoms with Crippen LogP contribution in [0.3, 0.4) is 0 Å². The number of hydrogen-bond donors (Lipinski definition) is 1. The lowest BCUT2D eigenvalue weighted by molar-refractivity contribution is 0.284. The summed E-state index contributed by atoms with van der Waals surface area (Å²) in [6, 6.07) is 8.10. The molecule has 0 fully saturated rings. The van der Waals surface area contributed by atoms with Crippen molar-refractivity contribution in [3.05, 3.63) is 42.0 Å². The van der Waals surface area contributed by atoms with Gasteiger partial charge in [-0.3, -0.25) is 0 Å². The Morgan fingerprint density at radius 1 is 1.25 bits per heavy atom. The van der Waals surface area contributed by atoms with Gasteiger partial charge in [0.2, 0.25) is 0 Å². The molecule has 0 amide bonds. The number of rotatable bonds is 8. The molecule has 5 heteroatoms. The highest BCUT2D eigenvalue weighted by molar-refractivity contribution is 5.33. The smallest absolute Gasteiger partial charge is 0.164 e. The Hall–Kier alpha value is -1.88. The van der Waals surface area contributed by atoms with Gasteiger partial charge in [-0.25, -0.2) is 9.67 Å². The zero-order valence-electron chi connectivity index (χ0n) is 12.2. The summed E-state index contributed by atoms with van der Waals surface area (Å²) in [7, 11) is 0. The summed E-state index contributed by atoms with van der Waals surface area (Å²) >= 11 is 0. The molecule has 20 heavy (non-hydrogen) atoms. The van der Waals surface area contributed by atoms with Gasteiger partial charge in [0.25, 0.3) is 0 Å². The Labute approximate surface area is 120 Å². The van der Waals surface area contributed by atoms with Crippen LogP contribution in [0.5, 0.6) is 5.75 Å². The number of aryl methyl sites for hydroxylation is 1. The maximum Gasteiger partial charge on any atom is 0.164 e. The summed E-state index contributed by atoms with van der Waals surface area (Å²) in [5.41, 5.74) is 1.17. The van der Waals surface area contributed by atoms with Gasteiger partial charge in [0.05, 0.1) is 0 Å². The van der Waals surface area contributed by atoms with Gasteiger partial charge in [0.1, 0.15) is 18.7 Å². The van der Waals surface area contributed by atoms with E-state index in [2.05, 4.69) is 28.4 Å². The van der Waals surface area contributed by atoms with Crippen molar-refractivity contribution in [2.75, 3.05) is 6.54 Å². The van der Waals surface area contributed by atoms with Crippen molar-refractivity contribution in [2.45, 2.75) is 40.0 Å². The average Bonchev–Trinajstić information content (AvgIpc) is 2.94. The van der Waals surface area contributed by atoms with Crippen molar-refractivity contribution in [1.29, 1.82) is 0 Å². The van der Waals surface area contributed by atoms with Gasteiger partial charge in [0, 0.05) is 18.7 Å². The molecule has 2 aromatic rings. The largest absolute Gasteiger partial charge is 0.485 e. The van der Waals surface area contributed by atoms with Crippen LogP contribution in [-0.4, -0.2) is 21.3 Å². The molecular weight excluding hydrogens is 252 g/mol. The minimum absolute atomic E-state index is 0.443.